The fraction of sp³-hybridized carbons (Fsp3) is 0.462. The van der Waals surface area contributed by atoms with Crippen LogP contribution in [0.4, 0.5) is 16.2 Å². The number of amides is 2. The third-order valence-corrected chi connectivity index (χ3v) is 8.28. The third-order valence-electron chi connectivity index (χ3n) is 7.47. The van der Waals surface area contributed by atoms with Crippen molar-refractivity contribution in [2.45, 2.75) is 32.1 Å². The summed E-state index contributed by atoms with van der Waals surface area (Å²) in [5.41, 5.74) is 9.03. The fourth-order valence-electron chi connectivity index (χ4n) is 5.61. The van der Waals surface area contributed by atoms with Crippen molar-refractivity contribution >= 4 is 46.1 Å². The number of nitrogens with zero attached hydrogens (tertiary/aromatic N) is 4. The number of fused-ring (bicyclic) bond motifs is 1. The van der Waals surface area contributed by atoms with Gasteiger partial charge in [-0.15, -0.1) is 0 Å². The zero-order chi connectivity index (χ0) is 24.4. The lowest BCUT2D eigenvalue weighted by Gasteiger charge is -2.39. The highest BCUT2D eigenvalue weighted by molar-refractivity contribution is 6.43. The summed E-state index contributed by atoms with van der Waals surface area (Å²) in [6.07, 6.45) is 7.61. The molecule has 2 aliphatic rings. The van der Waals surface area contributed by atoms with Crippen molar-refractivity contribution in [1.82, 2.24) is 14.5 Å². The van der Waals surface area contributed by atoms with Crippen LogP contribution in [0, 0.1) is 11.8 Å². The van der Waals surface area contributed by atoms with E-state index >= 15 is 0 Å². The molecule has 1 aromatic carbocycles. The van der Waals surface area contributed by atoms with E-state index in [1.807, 2.05) is 41.0 Å². The molecule has 1 aliphatic heterocycles. The summed E-state index contributed by atoms with van der Waals surface area (Å²) in [4.78, 5) is 16.5. The molecule has 0 atom stereocenters. The molecule has 3 heterocycles. The maximum atomic E-state index is 11.6. The number of anilines is 2. The number of hydrogen-bond acceptors (Lipinski definition) is 4. The van der Waals surface area contributed by atoms with Crippen LogP contribution in [0.3, 0.4) is 0 Å². The molecule has 0 bridgehead atoms. The lowest BCUT2D eigenvalue weighted by atomic mass is 9.79. The first-order valence-corrected chi connectivity index (χ1v) is 13.2. The van der Waals surface area contributed by atoms with Crippen LogP contribution in [-0.2, 0) is 6.42 Å². The van der Waals surface area contributed by atoms with Gasteiger partial charge in [0, 0.05) is 38.9 Å². The molecule has 1 saturated heterocycles. The molecule has 2 fully saturated rings. The Balaban J connectivity index is 1.12. The first-order chi connectivity index (χ1) is 17.0. The van der Waals surface area contributed by atoms with Crippen LogP contribution in [0.5, 0.6) is 0 Å². The average molecular weight is 515 g/mol. The quantitative estimate of drug-likeness (QED) is 0.467. The molecule has 1 aliphatic carbocycles. The van der Waals surface area contributed by atoms with E-state index in [9.17, 15) is 4.79 Å². The van der Waals surface area contributed by atoms with Gasteiger partial charge in [0.25, 0.3) is 0 Å². The normalized spacial score (nSPS) is 21.4. The van der Waals surface area contributed by atoms with Gasteiger partial charge in [0.05, 0.1) is 32.6 Å². The number of aromatic nitrogens is 2. The number of benzene rings is 1. The predicted octanol–water partition coefficient (Wildman–Crippen LogP) is 5.30. The summed E-state index contributed by atoms with van der Waals surface area (Å²) in [5, 5.41) is 8.80. The highest BCUT2D eigenvalue weighted by atomic mass is 35.5. The van der Waals surface area contributed by atoms with Gasteiger partial charge in [-0.25, -0.2) is 9.31 Å². The van der Waals surface area contributed by atoms with E-state index in [-0.39, 0.29) is 0 Å². The Morgan fingerprint density at radius 2 is 1.74 bits per heavy atom. The van der Waals surface area contributed by atoms with Crippen LogP contribution >= 0.6 is 23.2 Å². The highest BCUT2D eigenvalue weighted by Crippen LogP contribution is 2.35. The molecule has 3 N–H and O–H groups in total. The van der Waals surface area contributed by atoms with Crippen molar-refractivity contribution in [3.8, 4) is 0 Å². The minimum absolute atomic E-state index is 0.550. The molecule has 35 heavy (non-hydrogen) atoms. The Morgan fingerprint density at radius 3 is 2.49 bits per heavy atom. The van der Waals surface area contributed by atoms with Gasteiger partial charge in [0.15, 0.2) is 0 Å². The molecule has 186 valence electrons. The molecule has 0 unspecified atom stereocenters. The van der Waals surface area contributed by atoms with Gasteiger partial charge >= 0.3 is 6.03 Å². The number of nitrogens with two attached hydrogens (primary N) is 1. The van der Waals surface area contributed by atoms with E-state index in [0.717, 1.165) is 67.6 Å². The molecule has 0 radical (unpaired) electrons. The standard InChI is InChI=1S/C26H32Cl2N6O/c27-20-4-3-6-22(24(20)28)33-14-12-32(13-15-33)17-19-9-7-18(8-10-19)16-21-25(30-26(29)35)23-5-1-2-11-34(23)31-21/h1-6,11,18-19H,7-10,12-17H2,(H3,29,30,35). The van der Waals surface area contributed by atoms with Crippen LogP contribution in [-0.4, -0.2) is 53.3 Å². The van der Waals surface area contributed by atoms with Crippen molar-refractivity contribution in [2.75, 3.05) is 42.9 Å². The van der Waals surface area contributed by atoms with Crippen molar-refractivity contribution in [2.24, 2.45) is 17.6 Å². The second-order valence-corrected chi connectivity index (χ2v) is 10.6. The van der Waals surface area contributed by atoms with Gasteiger partial charge in [-0.1, -0.05) is 35.3 Å². The summed E-state index contributed by atoms with van der Waals surface area (Å²) in [7, 11) is 0. The smallest absolute Gasteiger partial charge is 0.316 e. The van der Waals surface area contributed by atoms with Crippen LogP contribution in [0.25, 0.3) is 5.52 Å². The number of carbonyl (C=O) groups excluding carboxylic acids is 1. The minimum Gasteiger partial charge on any atom is -0.368 e. The van der Waals surface area contributed by atoms with E-state index in [1.165, 1.54) is 25.7 Å². The average Bonchev–Trinajstić information content (AvgIpc) is 3.19. The van der Waals surface area contributed by atoms with Crippen molar-refractivity contribution in [1.29, 1.82) is 0 Å². The van der Waals surface area contributed by atoms with E-state index in [1.54, 1.807) is 0 Å². The third kappa shape index (κ3) is 5.52. The molecule has 5 rings (SSSR count). The first-order valence-electron chi connectivity index (χ1n) is 12.4. The second kappa shape index (κ2) is 10.6. The molecule has 3 aromatic rings. The van der Waals surface area contributed by atoms with Gasteiger partial charge in [-0.3, -0.25) is 4.90 Å². The SMILES string of the molecule is NC(=O)Nc1c(CC2CCC(CN3CCN(c4cccc(Cl)c4Cl)CC3)CC2)nn2ccccc12. The number of primary amides is 1. The van der Waals surface area contributed by atoms with E-state index in [2.05, 4.69) is 21.2 Å². The number of rotatable bonds is 6. The van der Waals surface area contributed by atoms with Crippen molar-refractivity contribution in [3.05, 3.63) is 58.3 Å². The summed E-state index contributed by atoms with van der Waals surface area (Å²) >= 11 is 12.6. The van der Waals surface area contributed by atoms with Gasteiger partial charge in [0.1, 0.15) is 0 Å². The zero-order valence-corrected chi connectivity index (χ0v) is 21.3. The molecular formula is C26H32Cl2N6O. The summed E-state index contributed by atoms with van der Waals surface area (Å²) in [6, 6.07) is 11.1. The Morgan fingerprint density at radius 1 is 1.00 bits per heavy atom. The maximum Gasteiger partial charge on any atom is 0.316 e. The number of nitrogens with one attached hydrogen (secondary N) is 1. The number of hydrogen-bond donors (Lipinski definition) is 2. The molecule has 0 spiro atoms. The van der Waals surface area contributed by atoms with E-state index in [0.29, 0.717) is 16.0 Å². The molecule has 2 aromatic heterocycles. The predicted molar refractivity (Wildman–Crippen MR) is 143 cm³/mol. The van der Waals surface area contributed by atoms with Gasteiger partial charge in [-0.05, 0) is 68.2 Å². The molecule has 2 amide bonds. The first kappa shape index (κ1) is 24.2. The number of piperazine rings is 1. The highest BCUT2D eigenvalue weighted by Gasteiger charge is 2.27. The Bertz CT molecular complexity index is 1180. The topological polar surface area (TPSA) is 78.9 Å². The van der Waals surface area contributed by atoms with E-state index in [4.69, 9.17) is 34.0 Å². The molecule has 9 heteroatoms. The summed E-state index contributed by atoms with van der Waals surface area (Å²) in [5.74, 6) is 1.31. The number of urea groups is 1. The lowest BCUT2D eigenvalue weighted by molar-refractivity contribution is 0.173. The zero-order valence-electron chi connectivity index (χ0n) is 19.8. The van der Waals surface area contributed by atoms with Gasteiger partial charge in [-0.2, -0.15) is 5.10 Å². The van der Waals surface area contributed by atoms with Crippen molar-refractivity contribution in [3.63, 3.8) is 0 Å². The van der Waals surface area contributed by atoms with Crippen LogP contribution in [0.15, 0.2) is 42.6 Å². The summed E-state index contributed by atoms with van der Waals surface area (Å²) in [6.45, 7) is 5.20. The fourth-order valence-corrected chi connectivity index (χ4v) is 6.03. The maximum absolute atomic E-state index is 11.6. The van der Waals surface area contributed by atoms with E-state index < -0.39 is 6.03 Å². The Kier molecular flexibility index (Phi) is 7.37. The summed E-state index contributed by atoms with van der Waals surface area (Å²) < 4.78 is 1.82. The van der Waals surface area contributed by atoms with Crippen molar-refractivity contribution < 1.29 is 4.79 Å². The lowest BCUT2D eigenvalue weighted by Crippen LogP contribution is -2.48. The largest absolute Gasteiger partial charge is 0.368 e. The van der Waals surface area contributed by atoms with Gasteiger partial charge < -0.3 is 16.0 Å². The number of pyridine rings is 1. The van der Waals surface area contributed by atoms with Crippen LogP contribution < -0.4 is 16.0 Å². The second-order valence-electron chi connectivity index (χ2n) is 9.79. The number of halogens is 2. The molecule has 7 nitrogen and oxygen atoms in total. The minimum atomic E-state index is -0.550. The van der Waals surface area contributed by atoms with Gasteiger partial charge in [0.2, 0.25) is 0 Å². The van der Waals surface area contributed by atoms with Crippen LogP contribution in [0.1, 0.15) is 31.4 Å². The molecule has 1 saturated carbocycles. The van der Waals surface area contributed by atoms with Crippen LogP contribution in [0.2, 0.25) is 10.0 Å². The Hall–Kier alpha value is -2.48. The molecular weight excluding hydrogens is 483 g/mol. The monoisotopic (exact) mass is 514 g/mol. The number of carbonyl (C=O) groups is 1. The Labute approximate surface area is 216 Å².